The van der Waals surface area contributed by atoms with Gasteiger partial charge in [0, 0.05) is 31.6 Å². The van der Waals surface area contributed by atoms with Gasteiger partial charge in [0.25, 0.3) is 0 Å². The Morgan fingerprint density at radius 2 is 1.67 bits per heavy atom. The van der Waals surface area contributed by atoms with Crippen LogP contribution in [0.1, 0.15) is 0 Å². The zero-order valence-electron chi connectivity index (χ0n) is 7.45. The van der Waals surface area contributed by atoms with Gasteiger partial charge in [-0.15, -0.1) is 0 Å². The third-order valence-corrected chi connectivity index (χ3v) is 3.90. The molecule has 0 atom stereocenters. The van der Waals surface area contributed by atoms with Crippen molar-refractivity contribution in [2.45, 2.75) is 0 Å². The van der Waals surface area contributed by atoms with Crippen molar-refractivity contribution in [2.75, 3.05) is 39.5 Å². The number of nitrogens with zero attached hydrogens (tertiary/aromatic N) is 2. The summed E-state index contributed by atoms with van der Waals surface area (Å²) in [6, 6.07) is 0. The van der Waals surface area contributed by atoms with Crippen molar-refractivity contribution >= 4 is 10.0 Å². The summed E-state index contributed by atoms with van der Waals surface area (Å²) in [6.45, 7) is 3.57. The van der Waals surface area contributed by atoms with Crippen LogP contribution >= 0.6 is 0 Å². The maximum Gasteiger partial charge on any atom is 0.211 e. The summed E-state index contributed by atoms with van der Waals surface area (Å²) in [5.41, 5.74) is 0.317. The molecule has 1 spiro atoms. The van der Waals surface area contributed by atoms with Gasteiger partial charge in [-0.05, 0) is 7.05 Å². The molecule has 0 unspecified atom stereocenters. The molecule has 0 bridgehead atoms. The summed E-state index contributed by atoms with van der Waals surface area (Å²) in [4.78, 5) is 2.22. The SMILES string of the molecule is CN1CC2(C1)CN(S(C)(=O)=O)C2. The molecule has 0 radical (unpaired) electrons. The summed E-state index contributed by atoms with van der Waals surface area (Å²) in [7, 11) is -0.852. The molecule has 2 aliphatic heterocycles. The number of hydrogen-bond acceptors (Lipinski definition) is 3. The Balaban J connectivity index is 1.93. The molecule has 0 N–H and O–H groups in total. The molecular formula is C7H14N2O2S. The predicted octanol–water partition coefficient (Wildman–Crippen LogP) is -0.807. The Hall–Kier alpha value is -0.130. The lowest BCUT2D eigenvalue weighted by molar-refractivity contribution is -0.0669. The van der Waals surface area contributed by atoms with Crippen molar-refractivity contribution in [3.8, 4) is 0 Å². The standard InChI is InChI=1S/C7H14N2O2S/c1-8-3-7(4-8)5-9(6-7)12(2,10)11/h3-6H2,1-2H3. The van der Waals surface area contributed by atoms with Gasteiger partial charge in [0.1, 0.15) is 0 Å². The van der Waals surface area contributed by atoms with Crippen LogP contribution in [-0.4, -0.2) is 57.1 Å². The van der Waals surface area contributed by atoms with Gasteiger partial charge >= 0.3 is 0 Å². The van der Waals surface area contributed by atoms with E-state index in [1.807, 2.05) is 0 Å². The molecule has 2 saturated heterocycles. The first-order chi connectivity index (χ1) is 5.41. The highest BCUT2D eigenvalue weighted by atomic mass is 32.2. The first-order valence-electron chi connectivity index (χ1n) is 4.05. The van der Waals surface area contributed by atoms with Crippen molar-refractivity contribution in [2.24, 2.45) is 5.41 Å². The molecule has 0 saturated carbocycles. The Morgan fingerprint density at radius 1 is 1.17 bits per heavy atom. The first-order valence-corrected chi connectivity index (χ1v) is 5.90. The monoisotopic (exact) mass is 190 g/mol. The molecule has 2 fully saturated rings. The van der Waals surface area contributed by atoms with E-state index < -0.39 is 10.0 Å². The highest BCUT2D eigenvalue weighted by Gasteiger charge is 2.52. The molecule has 4 nitrogen and oxygen atoms in total. The van der Waals surface area contributed by atoms with Crippen molar-refractivity contribution in [3.63, 3.8) is 0 Å². The number of rotatable bonds is 1. The summed E-state index contributed by atoms with van der Waals surface area (Å²) < 4.78 is 23.6. The first kappa shape index (κ1) is 8.47. The van der Waals surface area contributed by atoms with Crippen LogP contribution < -0.4 is 0 Å². The van der Waals surface area contributed by atoms with Crippen LogP contribution in [0.4, 0.5) is 0 Å². The second kappa shape index (κ2) is 2.21. The largest absolute Gasteiger partial charge is 0.305 e. The molecule has 12 heavy (non-hydrogen) atoms. The number of hydrogen-bond donors (Lipinski definition) is 0. The van der Waals surface area contributed by atoms with Gasteiger partial charge in [-0.2, -0.15) is 0 Å². The molecular weight excluding hydrogens is 176 g/mol. The molecule has 0 aliphatic carbocycles. The van der Waals surface area contributed by atoms with Crippen molar-refractivity contribution < 1.29 is 8.42 Å². The maximum absolute atomic E-state index is 11.0. The van der Waals surface area contributed by atoms with Gasteiger partial charge in [0.2, 0.25) is 10.0 Å². The van der Waals surface area contributed by atoms with E-state index in [0.29, 0.717) is 5.41 Å². The molecule has 2 rings (SSSR count). The second-order valence-electron chi connectivity index (χ2n) is 4.20. The van der Waals surface area contributed by atoms with Crippen molar-refractivity contribution in [1.82, 2.24) is 9.21 Å². The van der Waals surface area contributed by atoms with Gasteiger partial charge in [-0.25, -0.2) is 12.7 Å². The molecule has 70 valence electrons. The lowest BCUT2D eigenvalue weighted by Crippen LogP contribution is -2.71. The summed E-state index contributed by atoms with van der Waals surface area (Å²) in [6.07, 6.45) is 1.28. The van der Waals surface area contributed by atoms with E-state index in [9.17, 15) is 8.42 Å². The fourth-order valence-corrected chi connectivity index (χ4v) is 3.25. The topological polar surface area (TPSA) is 40.6 Å². The fraction of sp³-hybridized carbons (Fsp3) is 1.00. The Morgan fingerprint density at radius 3 is 2.00 bits per heavy atom. The summed E-state index contributed by atoms with van der Waals surface area (Å²) >= 11 is 0. The van der Waals surface area contributed by atoms with E-state index in [0.717, 1.165) is 26.2 Å². The van der Waals surface area contributed by atoms with Crippen LogP contribution in [0.25, 0.3) is 0 Å². The molecule has 0 amide bonds. The average molecular weight is 190 g/mol. The third-order valence-electron chi connectivity index (χ3n) is 2.70. The van der Waals surface area contributed by atoms with E-state index in [1.165, 1.54) is 6.26 Å². The van der Waals surface area contributed by atoms with Gasteiger partial charge in [-0.3, -0.25) is 0 Å². The minimum Gasteiger partial charge on any atom is -0.305 e. The van der Waals surface area contributed by atoms with Gasteiger partial charge < -0.3 is 4.90 Å². The third kappa shape index (κ3) is 1.16. The van der Waals surface area contributed by atoms with E-state index in [1.54, 1.807) is 4.31 Å². The van der Waals surface area contributed by atoms with Gasteiger partial charge in [0.15, 0.2) is 0 Å². The molecule has 5 heteroatoms. The van der Waals surface area contributed by atoms with E-state index in [-0.39, 0.29) is 0 Å². The van der Waals surface area contributed by atoms with Crippen LogP contribution in [-0.2, 0) is 10.0 Å². The highest BCUT2D eigenvalue weighted by molar-refractivity contribution is 7.88. The van der Waals surface area contributed by atoms with E-state index in [4.69, 9.17) is 0 Å². The average Bonchev–Trinajstić information content (AvgIpc) is 1.71. The zero-order valence-corrected chi connectivity index (χ0v) is 8.26. The quantitative estimate of drug-likeness (QED) is 0.543. The Kier molecular flexibility index (Phi) is 1.56. The van der Waals surface area contributed by atoms with E-state index >= 15 is 0 Å². The minimum absolute atomic E-state index is 0.317. The lowest BCUT2D eigenvalue weighted by Gasteiger charge is -2.58. The summed E-state index contributed by atoms with van der Waals surface area (Å²) in [5.74, 6) is 0. The minimum atomic E-state index is -2.92. The van der Waals surface area contributed by atoms with Gasteiger partial charge in [0.05, 0.1) is 6.26 Å². The van der Waals surface area contributed by atoms with Crippen molar-refractivity contribution in [1.29, 1.82) is 0 Å². The fourth-order valence-electron chi connectivity index (χ4n) is 2.24. The highest BCUT2D eigenvalue weighted by Crippen LogP contribution is 2.39. The van der Waals surface area contributed by atoms with Crippen LogP contribution in [0.15, 0.2) is 0 Å². The van der Waals surface area contributed by atoms with Crippen LogP contribution in [0.2, 0.25) is 0 Å². The number of likely N-dealkylation sites (tertiary alicyclic amines) is 1. The predicted molar refractivity (Wildman–Crippen MR) is 46.3 cm³/mol. The summed E-state index contributed by atoms with van der Waals surface area (Å²) in [5, 5.41) is 0. The molecule has 0 aromatic rings. The normalized spacial score (nSPS) is 29.8. The second-order valence-corrected chi connectivity index (χ2v) is 6.19. The molecule has 2 aliphatic rings. The van der Waals surface area contributed by atoms with Crippen LogP contribution in [0.5, 0.6) is 0 Å². The van der Waals surface area contributed by atoms with Gasteiger partial charge in [-0.1, -0.05) is 0 Å². The zero-order chi connectivity index (χ0) is 8.98. The smallest absolute Gasteiger partial charge is 0.211 e. The lowest BCUT2D eigenvalue weighted by atomic mass is 9.75. The molecule has 0 aromatic carbocycles. The van der Waals surface area contributed by atoms with E-state index in [2.05, 4.69) is 11.9 Å². The van der Waals surface area contributed by atoms with Crippen LogP contribution in [0.3, 0.4) is 0 Å². The van der Waals surface area contributed by atoms with Crippen molar-refractivity contribution in [3.05, 3.63) is 0 Å². The Bertz CT molecular complexity index is 285. The Labute approximate surface area is 73.2 Å². The number of sulfonamides is 1. The molecule has 0 aromatic heterocycles. The van der Waals surface area contributed by atoms with Crippen LogP contribution in [0, 0.1) is 5.41 Å². The maximum atomic E-state index is 11.0. The molecule has 2 heterocycles.